The highest BCUT2D eigenvalue weighted by atomic mass is 16.2. The Balaban J connectivity index is 2.37. The molecule has 74 valence electrons. The third-order valence-electron chi connectivity index (χ3n) is 2.79. The van der Waals surface area contributed by atoms with Gasteiger partial charge in [0.1, 0.15) is 0 Å². The maximum Gasteiger partial charge on any atom is 0.223 e. The maximum absolute atomic E-state index is 10.9. The van der Waals surface area contributed by atoms with Gasteiger partial charge in [-0.2, -0.15) is 0 Å². The standard InChI is InChI=1S/C12H15NO/c1-8-4-9(2)6-10(5-8)12(3)7-11(14)13-12/h4-6H,7H2,1-3H3,(H,13,14). The maximum atomic E-state index is 10.9. The zero-order valence-electron chi connectivity index (χ0n) is 8.85. The number of rotatable bonds is 1. The highest BCUT2D eigenvalue weighted by molar-refractivity contribution is 5.85. The zero-order chi connectivity index (χ0) is 10.3. The third-order valence-corrected chi connectivity index (χ3v) is 2.79. The Labute approximate surface area is 84.3 Å². The van der Waals surface area contributed by atoms with E-state index in [1.165, 1.54) is 16.7 Å². The molecule has 0 aliphatic carbocycles. The highest BCUT2D eigenvalue weighted by Crippen LogP contribution is 2.32. The van der Waals surface area contributed by atoms with Crippen LogP contribution in [-0.4, -0.2) is 5.91 Å². The van der Waals surface area contributed by atoms with Crippen LogP contribution in [0.25, 0.3) is 0 Å². The summed E-state index contributed by atoms with van der Waals surface area (Å²) < 4.78 is 0. The van der Waals surface area contributed by atoms with Crippen molar-refractivity contribution in [2.24, 2.45) is 0 Å². The first-order valence-corrected chi connectivity index (χ1v) is 4.89. The first-order chi connectivity index (χ1) is 6.49. The molecular weight excluding hydrogens is 174 g/mol. The van der Waals surface area contributed by atoms with Gasteiger partial charge in [-0.15, -0.1) is 0 Å². The van der Waals surface area contributed by atoms with Crippen LogP contribution in [0, 0.1) is 13.8 Å². The molecule has 1 aliphatic heterocycles. The molecule has 0 bridgehead atoms. The monoisotopic (exact) mass is 189 g/mol. The minimum absolute atomic E-state index is 0.131. The second kappa shape index (κ2) is 2.84. The highest BCUT2D eigenvalue weighted by Gasteiger charge is 2.39. The number of benzene rings is 1. The lowest BCUT2D eigenvalue weighted by molar-refractivity contribution is -0.132. The van der Waals surface area contributed by atoms with E-state index in [2.05, 4.69) is 44.3 Å². The van der Waals surface area contributed by atoms with Crippen molar-refractivity contribution in [3.8, 4) is 0 Å². The molecule has 1 saturated heterocycles. The fraction of sp³-hybridized carbons (Fsp3) is 0.417. The van der Waals surface area contributed by atoms with Gasteiger partial charge in [-0.3, -0.25) is 4.79 Å². The summed E-state index contributed by atoms with van der Waals surface area (Å²) in [5.41, 5.74) is 3.59. The van der Waals surface area contributed by atoms with Crippen LogP contribution < -0.4 is 5.32 Å². The molecule has 0 radical (unpaired) electrons. The van der Waals surface area contributed by atoms with E-state index in [-0.39, 0.29) is 11.4 Å². The fourth-order valence-electron chi connectivity index (χ4n) is 2.08. The van der Waals surface area contributed by atoms with Crippen molar-refractivity contribution in [2.45, 2.75) is 32.7 Å². The average molecular weight is 189 g/mol. The van der Waals surface area contributed by atoms with Crippen molar-refractivity contribution in [1.82, 2.24) is 5.32 Å². The number of hydrogen-bond acceptors (Lipinski definition) is 1. The van der Waals surface area contributed by atoms with Gasteiger partial charge in [0.25, 0.3) is 0 Å². The molecule has 0 spiro atoms. The van der Waals surface area contributed by atoms with Crippen LogP contribution in [-0.2, 0) is 10.3 Å². The first-order valence-electron chi connectivity index (χ1n) is 4.89. The van der Waals surface area contributed by atoms with E-state index in [4.69, 9.17) is 0 Å². The van der Waals surface area contributed by atoms with Crippen LogP contribution in [0.5, 0.6) is 0 Å². The van der Waals surface area contributed by atoms with E-state index in [1.807, 2.05) is 0 Å². The molecule has 1 amide bonds. The average Bonchev–Trinajstić information content (AvgIpc) is 1.99. The van der Waals surface area contributed by atoms with E-state index in [0.29, 0.717) is 6.42 Å². The topological polar surface area (TPSA) is 29.1 Å². The smallest absolute Gasteiger partial charge is 0.223 e. The summed E-state index contributed by atoms with van der Waals surface area (Å²) in [6, 6.07) is 6.44. The summed E-state index contributed by atoms with van der Waals surface area (Å²) in [5, 5.41) is 2.95. The number of amides is 1. The summed E-state index contributed by atoms with van der Waals surface area (Å²) in [6.07, 6.45) is 0.607. The lowest BCUT2D eigenvalue weighted by Gasteiger charge is -2.39. The van der Waals surface area contributed by atoms with E-state index >= 15 is 0 Å². The lowest BCUT2D eigenvalue weighted by atomic mass is 9.81. The minimum Gasteiger partial charge on any atom is -0.346 e. The molecular formula is C12H15NO. The first kappa shape index (κ1) is 9.25. The van der Waals surface area contributed by atoms with Crippen LogP contribution in [0.1, 0.15) is 30.0 Å². The third kappa shape index (κ3) is 1.41. The molecule has 1 atom stereocenters. The van der Waals surface area contributed by atoms with Gasteiger partial charge in [-0.05, 0) is 26.3 Å². The van der Waals surface area contributed by atoms with Crippen LogP contribution in [0.3, 0.4) is 0 Å². The van der Waals surface area contributed by atoms with Crippen LogP contribution in [0.4, 0.5) is 0 Å². The molecule has 1 unspecified atom stereocenters. The Morgan fingerprint density at radius 3 is 2.14 bits per heavy atom. The summed E-state index contributed by atoms with van der Waals surface area (Å²) in [4.78, 5) is 10.9. The van der Waals surface area contributed by atoms with Crippen LogP contribution >= 0.6 is 0 Å². The molecule has 1 aliphatic rings. The van der Waals surface area contributed by atoms with Gasteiger partial charge in [0.2, 0.25) is 5.91 Å². The number of carbonyl (C=O) groups excluding carboxylic acids is 1. The minimum atomic E-state index is -0.131. The van der Waals surface area contributed by atoms with E-state index in [0.717, 1.165) is 0 Å². The molecule has 2 heteroatoms. The Bertz CT molecular complexity index is 367. The van der Waals surface area contributed by atoms with E-state index in [9.17, 15) is 4.79 Å². The predicted molar refractivity (Wildman–Crippen MR) is 56.0 cm³/mol. The summed E-state index contributed by atoms with van der Waals surface area (Å²) in [7, 11) is 0. The van der Waals surface area contributed by atoms with Crippen LogP contribution in [0.15, 0.2) is 18.2 Å². The molecule has 1 aromatic rings. The number of nitrogens with one attached hydrogen (secondary N) is 1. The number of hydrogen-bond donors (Lipinski definition) is 1. The summed E-state index contributed by atoms with van der Waals surface area (Å²) in [6.45, 7) is 6.24. The fourth-order valence-corrected chi connectivity index (χ4v) is 2.08. The second-order valence-electron chi connectivity index (χ2n) is 4.43. The molecule has 1 fully saturated rings. The van der Waals surface area contributed by atoms with Gasteiger partial charge in [0.05, 0.1) is 12.0 Å². The molecule has 0 saturated carbocycles. The van der Waals surface area contributed by atoms with E-state index in [1.54, 1.807) is 0 Å². The molecule has 1 N–H and O–H groups in total. The summed E-state index contributed by atoms with van der Waals surface area (Å²) >= 11 is 0. The second-order valence-corrected chi connectivity index (χ2v) is 4.43. The van der Waals surface area contributed by atoms with Crippen molar-refractivity contribution >= 4 is 5.91 Å². The van der Waals surface area contributed by atoms with Gasteiger partial charge >= 0.3 is 0 Å². The molecule has 1 aromatic carbocycles. The van der Waals surface area contributed by atoms with Crippen molar-refractivity contribution in [1.29, 1.82) is 0 Å². The number of carbonyl (C=O) groups is 1. The molecule has 0 aromatic heterocycles. The van der Waals surface area contributed by atoms with Gasteiger partial charge < -0.3 is 5.32 Å². The van der Waals surface area contributed by atoms with Crippen molar-refractivity contribution < 1.29 is 4.79 Å². The Morgan fingerprint density at radius 1 is 1.21 bits per heavy atom. The van der Waals surface area contributed by atoms with E-state index < -0.39 is 0 Å². The van der Waals surface area contributed by atoms with Crippen molar-refractivity contribution in [3.05, 3.63) is 34.9 Å². The van der Waals surface area contributed by atoms with Gasteiger partial charge in [-0.25, -0.2) is 0 Å². The lowest BCUT2D eigenvalue weighted by Crippen LogP contribution is -2.56. The van der Waals surface area contributed by atoms with Gasteiger partial charge in [0.15, 0.2) is 0 Å². The van der Waals surface area contributed by atoms with Crippen LogP contribution in [0.2, 0.25) is 0 Å². The molecule has 1 heterocycles. The zero-order valence-corrected chi connectivity index (χ0v) is 8.85. The Morgan fingerprint density at radius 2 is 1.71 bits per heavy atom. The molecule has 2 rings (SSSR count). The molecule has 14 heavy (non-hydrogen) atoms. The Kier molecular flexibility index (Phi) is 1.88. The van der Waals surface area contributed by atoms with Gasteiger partial charge in [0, 0.05) is 0 Å². The quantitative estimate of drug-likeness (QED) is 0.673. The number of β-lactam (4-membered cyclic amide) rings is 1. The Hall–Kier alpha value is -1.31. The molecule has 2 nitrogen and oxygen atoms in total. The summed E-state index contributed by atoms with van der Waals surface area (Å²) in [5.74, 6) is 0.145. The predicted octanol–water partition coefficient (Wildman–Crippen LogP) is 2.04. The number of aryl methyl sites for hydroxylation is 2. The normalized spacial score (nSPS) is 25.5. The van der Waals surface area contributed by atoms with Crippen molar-refractivity contribution in [2.75, 3.05) is 0 Å². The SMILES string of the molecule is Cc1cc(C)cc(C2(C)CC(=O)N2)c1. The van der Waals surface area contributed by atoms with Gasteiger partial charge in [-0.1, -0.05) is 29.3 Å². The van der Waals surface area contributed by atoms with Crippen molar-refractivity contribution in [3.63, 3.8) is 0 Å². The largest absolute Gasteiger partial charge is 0.346 e.